The largest absolute Gasteiger partial charge is 0.368 e. The number of anilines is 1. The third kappa shape index (κ3) is 2.16. The molecule has 0 aliphatic carbocycles. The molecule has 1 fully saturated rings. The van der Waals surface area contributed by atoms with Gasteiger partial charge in [-0.3, -0.25) is 0 Å². The van der Waals surface area contributed by atoms with Crippen LogP contribution in [-0.4, -0.2) is 38.1 Å². The number of rotatable bonds is 2. The van der Waals surface area contributed by atoms with Gasteiger partial charge in [0.1, 0.15) is 12.1 Å². The van der Waals surface area contributed by atoms with E-state index in [9.17, 15) is 10.5 Å². The van der Waals surface area contributed by atoms with Crippen LogP contribution in [0.5, 0.6) is 0 Å². The van der Waals surface area contributed by atoms with Crippen molar-refractivity contribution in [3.8, 4) is 12.1 Å². The molecule has 0 saturated carbocycles. The average Bonchev–Trinajstić information content (AvgIpc) is 2.87. The van der Waals surface area contributed by atoms with Gasteiger partial charge in [-0.05, 0) is 32.6 Å². The molecular formula is C14H16N4. The first-order valence-corrected chi connectivity index (χ1v) is 6.02. The normalized spacial score (nSPS) is 18.7. The van der Waals surface area contributed by atoms with Crippen LogP contribution in [0.4, 0.5) is 5.69 Å². The fraction of sp³-hybridized carbons (Fsp3) is 0.429. The Morgan fingerprint density at radius 1 is 1.22 bits per heavy atom. The highest BCUT2D eigenvalue weighted by atomic mass is 15.2. The zero-order valence-electron chi connectivity index (χ0n) is 10.7. The third-order valence-corrected chi connectivity index (χ3v) is 3.49. The minimum atomic E-state index is 0.489. The molecule has 2 rings (SSSR count). The Bertz CT molecular complexity index is 489. The minimum absolute atomic E-state index is 0.489. The first-order valence-electron chi connectivity index (χ1n) is 6.02. The summed E-state index contributed by atoms with van der Waals surface area (Å²) in [5.74, 6) is 0. The van der Waals surface area contributed by atoms with Gasteiger partial charge in [0.25, 0.3) is 0 Å². The van der Waals surface area contributed by atoms with Gasteiger partial charge < -0.3 is 9.80 Å². The average molecular weight is 240 g/mol. The van der Waals surface area contributed by atoms with Crippen molar-refractivity contribution >= 4 is 5.69 Å². The second kappa shape index (κ2) is 5.08. The van der Waals surface area contributed by atoms with Gasteiger partial charge in [0.2, 0.25) is 0 Å². The summed E-state index contributed by atoms with van der Waals surface area (Å²) < 4.78 is 0. The van der Waals surface area contributed by atoms with Gasteiger partial charge in [-0.1, -0.05) is 6.07 Å². The van der Waals surface area contributed by atoms with Crippen molar-refractivity contribution in [2.75, 3.05) is 32.1 Å². The molecule has 0 amide bonds. The number of benzene rings is 1. The first-order chi connectivity index (χ1) is 8.67. The summed E-state index contributed by atoms with van der Waals surface area (Å²) in [4.78, 5) is 4.35. The van der Waals surface area contributed by atoms with E-state index in [1.165, 1.54) is 0 Å². The quantitative estimate of drug-likeness (QED) is 0.787. The molecule has 1 aliphatic rings. The lowest BCUT2D eigenvalue weighted by Gasteiger charge is -2.23. The molecule has 92 valence electrons. The topological polar surface area (TPSA) is 54.1 Å². The third-order valence-electron chi connectivity index (χ3n) is 3.49. The second-order valence-electron chi connectivity index (χ2n) is 4.78. The van der Waals surface area contributed by atoms with Crippen LogP contribution >= 0.6 is 0 Å². The van der Waals surface area contributed by atoms with Crippen molar-refractivity contribution in [2.45, 2.75) is 12.5 Å². The van der Waals surface area contributed by atoms with E-state index in [0.717, 1.165) is 25.2 Å². The van der Waals surface area contributed by atoms with Crippen LogP contribution < -0.4 is 4.90 Å². The molecule has 1 aromatic carbocycles. The number of nitrogens with zero attached hydrogens (tertiary/aromatic N) is 4. The van der Waals surface area contributed by atoms with E-state index in [4.69, 9.17) is 0 Å². The van der Waals surface area contributed by atoms with Crippen molar-refractivity contribution in [3.63, 3.8) is 0 Å². The molecule has 0 radical (unpaired) electrons. The molecule has 0 bridgehead atoms. The molecule has 4 heteroatoms. The maximum atomic E-state index is 9.18. The van der Waals surface area contributed by atoms with E-state index in [2.05, 4.69) is 36.0 Å². The predicted molar refractivity (Wildman–Crippen MR) is 70.2 cm³/mol. The van der Waals surface area contributed by atoms with Gasteiger partial charge in [-0.25, -0.2) is 0 Å². The van der Waals surface area contributed by atoms with Gasteiger partial charge in [0.15, 0.2) is 0 Å². The SMILES string of the molecule is CN(C)[C@H]1CCN(c2c(C#N)cccc2C#N)C1. The van der Waals surface area contributed by atoms with Crippen LogP contribution in [0.15, 0.2) is 18.2 Å². The first kappa shape index (κ1) is 12.4. The standard InChI is InChI=1S/C14H16N4/c1-17(2)13-6-7-18(10-13)14-11(8-15)4-3-5-12(14)9-16/h3-5,13H,6-7,10H2,1-2H3/t13-/m0/s1. The van der Waals surface area contributed by atoms with Crippen molar-refractivity contribution in [1.82, 2.24) is 4.90 Å². The lowest BCUT2D eigenvalue weighted by molar-refractivity contribution is 0.315. The van der Waals surface area contributed by atoms with Gasteiger partial charge in [-0.2, -0.15) is 10.5 Å². The lowest BCUT2D eigenvalue weighted by Crippen LogP contribution is -2.31. The van der Waals surface area contributed by atoms with Gasteiger partial charge in [-0.15, -0.1) is 0 Å². The summed E-state index contributed by atoms with van der Waals surface area (Å²) in [5, 5.41) is 18.4. The fourth-order valence-corrected chi connectivity index (χ4v) is 2.43. The zero-order valence-corrected chi connectivity index (χ0v) is 10.7. The Morgan fingerprint density at radius 2 is 1.83 bits per heavy atom. The number of nitriles is 2. The molecule has 1 saturated heterocycles. The van der Waals surface area contributed by atoms with Crippen LogP contribution in [0, 0.1) is 22.7 Å². The summed E-state index contributed by atoms with van der Waals surface area (Å²) in [6.45, 7) is 1.77. The Kier molecular flexibility index (Phi) is 3.50. The molecule has 0 unspecified atom stereocenters. The van der Waals surface area contributed by atoms with E-state index in [0.29, 0.717) is 17.2 Å². The Morgan fingerprint density at radius 3 is 2.28 bits per heavy atom. The van der Waals surface area contributed by atoms with Crippen molar-refractivity contribution in [1.29, 1.82) is 10.5 Å². The van der Waals surface area contributed by atoms with Crippen molar-refractivity contribution < 1.29 is 0 Å². The molecule has 4 nitrogen and oxygen atoms in total. The van der Waals surface area contributed by atoms with E-state index >= 15 is 0 Å². The van der Waals surface area contributed by atoms with E-state index in [1.807, 2.05) is 0 Å². The van der Waals surface area contributed by atoms with Crippen LogP contribution in [-0.2, 0) is 0 Å². The van der Waals surface area contributed by atoms with E-state index in [1.54, 1.807) is 18.2 Å². The highest BCUT2D eigenvalue weighted by molar-refractivity contribution is 5.68. The summed E-state index contributed by atoms with van der Waals surface area (Å²) >= 11 is 0. The Balaban J connectivity index is 2.35. The molecule has 1 heterocycles. The van der Waals surface area contributed by atoms with Crippen LogP contribution in [0.1, 0.15) is 17.5 Å². The van der Waals surface area contributed by atoms with Crippen molar-refractivity contribution in [2.24, 2.45) is 0 Å². The number of likely N-dealkylation sites (N-methyl/N-ethyl adjacent to an activating group) is 1. The molecule has 1 aromatic rings. The molecule has 1 aliphatic heterocycles. The molecule has 0 spiro atoms. The number of hydrogen-bond donors (Lipinski definition) is 0. The molecule has 0 N–H and O–H groups in total. The summed E-state index contributed by atoms with van der Waals surface area (Å²) in [6.07, 6.45) is 1.07. The molecule has 0 aromatic heterocycles. The minimum Gasteiger partial charge on any atom is -0.368 e. The van der Waals surface area contributed by atoms with E-state index in [-0.39, 0.29) is 0 Å². The van der Waals surface area contributed by atoms with E-state index < -0.39 is 0 Å². The smallest absolute Gasteiger partial charge is 0.101 e. The highest BCUT2D eigenvalue weighted by Gasteiger charge is 2.27. The Labute approximate surface area is 108 Å². The second-order valence-corrected chi connectivity index (χ2v) is 4.78. The molecule has 1 atom stereocenters. The predicted octanol–water partition coefficient (Wildman–Crippen LogP) is 1.57. The van der Waals surface area contributed by atoms with Crippen LogP contribution in [0.25, 0.3) is 0 Å². The lowest BCUT2D eigenvalue weighted by atomic mass is 10.1. The van der Waals surface area contributed by atoms with Crippen LogP contribution in [0.2, 0.25) is 0 Å². The highest BCUT2D eigenvalue weighted by Crippen LogP contribution is 2.29. The van der Waals surface area contributed by atoms with Gasteiger partial charge >= 0.3 is 0 Å². The zero-order chi connectivity index (χ0) is 13.1. The molecule has 18 heavy (non-hydrogen) atoms. The monoisotopic (exact) mass is 240 g/mol. The summed E-state index contributed by atoms with van der Waals surface area (Å²) in [5.41, 5.74) is 1.98. The van der Waals surface area contributed by atoms with Crippen molar-refractivity contribution in [3.05, 3.63) is 29.3 Å². The maximum Gasteiger partial charge on any atom is 0.101 e. The maximum absolute atomic E-state index is 9.18. The summed E-state index contributed by atoms with van der Waals surface area (Å²) in [6, 6.07) is 10.2. The number of hydrogen-bond acceptors (Lipinski definition) is 4. The van der Waals surface area contributed by atoms with Gasteiger partial charge in [0, 0.05) is 19.1 Å². The molecular weight excluding hydrogens is 224 g/mol. The number of para-hydroxylation sites is 1. The fourth-order valence-electron chi connectivity index (χ4n) is 2.43. The van der Waals surface area contributed by atoms with Gasteiger partial charge in [0.05, 0.1) is 16.8 Å². The summed E-state index contributed by atoms with van der Waals surface area (Å²) in [7, 11) is 4.13. The Hall–Kier alpha value is -2.04. The van der Waals surface area contributed by atoms with Crippen LogP contribution in [0.3, 0.4) is 0 Å².